The lowest BCUT2D eigenvalue weighted by Gasteiger charge is -2.01. The molecule has 0 aliphatic heterocycles. The summed E-state index contributed by atoms with van der Waals surface area (Å²) in [5, 5.41) is 8.13. The molecule has 1 aliphatic rings. The fourth-order valence-electron chi connectivity index (χ4n) is 2.09. The van der Waals surface area contributed by atoms with E-state index in [4.69, 9.17) is 0 Å². The van der Waals surface area contributed by atoms with Gasteiger partial charge in [-0.1, -0.05) is 26.2 Å². The van der Waals surface area contributed by atoms with Crippen molar-refractivity contribution in [3.8, 4) is 0 Å². The maximum atomic E-state index is 4.58. The number of aryl methyl sites for hydroxylation is 2. The number of rotatable bonds is 8. The van der Waals surface area contributed by atoms with Gasteiger partial charge in [-0.2, -0.15) is 5.10 Å². The average molecular weight is 235 g/mol. The van der Waals surface area contributed by atoms with Gasteiger partial charge in [0.05, 0.1) is 5.69 Å². The molecular weight excluding hydrogens is 210 g/mol. The lowest BCUT2D eigenvalue weighted by Crippen LogP contribution is -2.15. The summed E-state index contributed by atoms with van der Waals surface area (Å²) in [7, 11) is 0. The fourth-order valence-corrected chi connectivity index (χ4v) is 2.09. The molecular formula is C14H25N3. The Balaban J connectivity index is 1.75. The Morgan fingerprint density at radius 2 is 2.18 bits per heavy atom. The van der Waals surface area contributed by atoms with Crippen LogP contribution in [0.1, 0.15) is 56.7 Å². The first-order chi connectivity index (χ1) is 8.29. The van der Waals surface area contributed by atoms with Crippen molar-refractivity contribution in [3.63, 3.8) is 0 Å². The normalized spacial score (nSPS) is 15.4. The largest absolute Gasteiger partial charge is 0.310 e. The highest BCUT2D eigenvalue weighted by atomic mass is 15.3. The van der Waals surface area contributed by atoms with Crippen LogP contribution in [0, 0.1) is 6.92 Å². The molecule has 1 saturated carbocycles. The molecule has 1 fully saturated rings. The van der Waals surface area contributed by atoms with E-state index in [1.807, 2.05) is 0 Å². The van der Waals surface area contributed by atoms with E-state index in [2.05, 4.69) is 35.1 Å². The van der Waals surface area contributed by atoms with Gasteiger partial charge in [0.25, 0.3) is 0 Å². The van der Waals surface area contributed by atoms with Crippen molar-refractivity contribution in [3.05, 3.63) is 17.5 Å². The number of aromatic nitrogens is 2. The molecule has 1 heterocycles. The first-order valence-corrected chi connectivity index (χ1v) is 7.06. The third-order valence-electron chi connectivity index (χ3n) is 3.45. The second-order valence-electron chi connectivity index (χ2n) is 5.22. The third kappa shape index (κ3) is 4.15. The Morgan fingerprint density at radius 3 is 2.88 bits per heavy atom. The van der Waals surface area contributed by atoms with Crippen molar-refractivity contribution in [1.29, 1.82) is 0 Å². The molecule has 3 nitrogen and oxygen atoms in total. The van der Waals surface area contributed by atoms with Gasteiger partial charge in [-0.05, 0) is 26.2 Å². The number of nitrogens with one attached hydrogen (secondary N) is 1. The van der Waals surface area contributed by atoms with E-state index in [9.17, 15) is 0 Å². The van der Waals surface area contributed by atoms with E-state index in [1.54, 1.807) is 0 Å². The van der Waals surface area contributed by atoms with Crippen molar-refractivity contribution < 1.29 is 0 Å². The Kier molecular flexibility index (Phi) is 4.60. The molecule has 0 aromatic carbocycles. The highest BCUT2D eigenvalue weighted by molar-refractivity contribution is 5.15. The van der Waals surface area contributed by atoms with Gasteiger partial charge < -0.3 is 5.32 Å². The molecule has 96 valence electrons. The van der Waals surface area contributed by atoms with Crippen LogP contribution in [0.2, 0.25) is 0 Å². The number of hydrogen-bond donors (Lipinski definition) is 1. The molecule has 2 rings (SSSR count). The van der Waals surface area contributed by atoms with E-state index in [-0.39, 0.29) is 0 Å². The van der Waals surface area contributed by atoms with E-state index in [0.29, 0.717) is 0 Å². The summed E-state index contributed by atoms with van der Waals surface area (Å²) in [4.78, 5) is 0. The third-order valence-corrected chi connectivity index (χ3v) is 3.45. The first-order valence-electron chi connectivity index (χ1n) is 7.06. The van der Waals surface area contributed by atoms with Gasteiger partial charge in [-0.25, -0.2) is 0 Å². The summed E-state index contributed by atoms with van der Waals surface area (Å²) >= 11 is 0. The van der Waals surface area contributed by atoms with Crippen LogP contribution in [-0.4, -0.2) is 15.8 Å². The van der Waals surface area contributed by atoms with E-state index in [1.165, 1.54) is 49.8 Å². The summed E-state index contributed by atoms with van der Waals surface area (Å²) < 4.78 is 2.12. The van der Waals surface area contributed by atoms with Crippen LogP contribution in [0.4, 0.5) is 0 Å². The van der Waals surface area contributed by atoms with Crippen LogP contribution in [0.15, 0.2) is 6.20 Å². The van der Waals surface area contributed by atoms with Gasteiger partial charge in [-0.15, -0.1) is 0 Å². The summed E-state index contributed by atoms with van der Waals surface area (Å²) in [5.41, 5.74) is 2.56. The minimum absolute atomic E-state index is 0.780. The van der Waals surface area contributed by atoms with Gasteiger partial charge in [0.15, 0.2) is 0 Å². The maximum absolute atomic E-state index is 4.58. The monoisotopic (exact) mass is 235 g/mol. The van der Waals surface area contributed by atoms with Gasteiger partial charge in [-0.3, -0.25) is 4.68 Å². The smallest absolute Gasteiger partial charge is 0.0638 e. The van der Waals surface area contributed by atoms with Crippen LogP contribution < -0.4 is 5.32 Å². The molecule has 3 heteroatoms. The van der Waals surface area contributed by atoms with Crippen molar-refractivity contribution >= 4 is 0 Å². The van der Waals surface area contributed by atoms with Gasteiger partial charge in [0.1, 0.15) is 0 Å². The van der Waals surface area contributed by atoms with Crippen molar-refractivity contribution in [2.75, 3.05) is 0 Å². The molecule has 0 bridgehead atoms. The Morgan fingerprint density at radius 1 is 1.35 bits per heavy atom. The predicted octanol–water partition coefficient (Wildman–Crippen LogP) is 3.02. The highest BCUT2D eigenvalue weighted by Gasteiger charge is 2.20. The second kappa shape index (κ2) is 6.20. The van der Waals surface area contributed by atoms with Gasteiger partial charge in [0, 0.05) is 30.9 Å². The molecule has 0 radical (unpaired) electrons. The molecule has 0 amide bonds. The minimum atomic E-state index is 0.780. The minimum Gasteiger partial charge on any atom is -0.310 e. The van der Waals surface area contributed by atoms with Crippen molar-refractivity contribution in [1.82, 2.24) is 15.1 Å². The average Bonchev–Trinajstić information content (AvgIpc) is 3.07. The lowest BCUT2D eigenvalue weighted by molar-refractivity contribution is 0.538. The quantitative estimate of drug-likeness (QED) is 0.702. The second-order valence-corrected chi connectivity index (χ2v) is 5.22. The van der Waals surface area contributed by atoms with Crippen LogP contribution in [0.25, 0.3) is 0 Å². The molecule has 17 heavy (non-hydrogen) atoms. The Hall–Kier alpha value is -0.830. The standard InChI is InChI=1S/C14H25N3/c1-3-4-5-6-9-17-11-13(12(2)16-17)10-15-14-7-8-14/h11,14-15H,3-10H2,1-2H3. The van der Waals surface area contributed by atoms with Crippen LogP contribution >= 0.6 is 0 Å². The van der Waals surface area contributed by atoms with Gasteiger partial charge in [0.2, 0.25) is 0 Å². The first kappa shape index (κ1) is 12.6. The summed E-state index contributed by atoms with van der Waals surface area (Å²) in [5.74, 6) is 0. The zero-order valence-electron chi connectivity index (χ0n) is 11.2. The van der Waals surface area contributed by atoms with E-state index < -0.39 is 0 Å². The molecule has 0 unspecified atom stereocenters. The van der Waals surface area contributed by atoms with Crippen LogP contribution in [0.5, 0.6) is 0 Å². The lowest BCUT2D eigenvalue weighted by atomic mass is 10.2. The number of unbranched alkanes of at least 4 members (excludes halogenated alkanes) is 3. The number of nitrogens with zero attached hydrogens (tertiary/aromatic N) is 2. The van der Waals surface area contributed by atoms with Crippen molar-refractivity contribution in [2.45, 2.75) is 71.5 Å². The molecule has 0 spiro atoms. The predicted molar refractivity (Wildman–Crippen MR) is 71.0 cm³/mol. The summed E-state index contributed by atoms with van der Waals surface area (Å²) in [6.45, 7) is 6.43. The maximum Gasteiger partial charge on any atom is 0.0638 e. The SMILES string of the molecule is CCCCCCn1cc(CNC2CC2)c(C)n1. The molecule has 1 aromatic rings. The van der Waals surface area contributed by atoms with Gasteiger partial charge >= 0.3 is 0 Å². The van der Waals surface area contributed by atoms with Crippen LogP contribution in [-0.2, 0) is 13.1 Å². The Bertz CT molecular complexity index is 339. The van der Waals surface area contributed by atoms with E-state index >= 15 is 0 Å². The topological polar surface area (TPSA) is 29.9 Å². The number of hydrogen-bond acceptors (Lipinski definition) is 2. The molecule has 1 aromatic heterocycles. The summed E-state index contributed by atoms with van der Waals surface area (Å²) in [6, 6.07) is 0.780. The molecule has 0 atom stereocenters. The van der Waals surface area contributed by atoms with Crippen molar-refractivity contribution in [2.24, 2.45) is 0 Å². The molecule has 1 N–H and O–H groups in total. The fraction of sp³-hybridized carbons (Fsp3) is 0.786. The van der Waals surface area contributed by atoms with Crippen LogP contribution in [0.3, 0.4) is 0 Å². The molecule has 0 saturated heterocycles. The van der Waals surface area contributed by atoms with E-state index in [0.717, 1.165) is 19.1 Å². The molecule has 1 aliphatic carbocycles. The Labute approximate surface area is 105 Å². The summed E-state index contributed by atoms with van der Waals surface area (Å²) in [6.07, 6.45) is 10.1. The zero-order valence-corrected chi connectivity index (χ0v) is 11.2. The zero-order chi connectivity index (χ0) is 12.1. The highest BCUT2D eigenvalue weighted by Crippen LogP contribution is 2.19.